The Labute approximate surface area is 173 Å². The van der Waals surface area contributed by atoms with E-state index in [4.69, 9.17) is 0 Å². The number of piperazine rings is 1. The van der Waals surface area contributed by atoms with Gasteiger partial charge in [0.1, 0.15) is 11.1 Å². The number of rotatable bonds is 3. The smallest absolute Gasteiger partial charge is 0.339 e. The third-order valence-electron chi connectivity index (χ3n) is 5.52. The Balaban J connectivity index is 1.89. The number of nitrogens with zero attached hydrogens (tertiary/aromatic N) is 4. The van der Waals surface area contributed by atoms with Gasteiger partial charge >= 0.3 is 6.18 Å². The number of thioether (sulfide) groups is 1. The molecular formula is C20H25F3N4OS. The molecule has 0 spiro atoms. The summed E-state index contributed by atoms with van der Waals surface area (Å²) in [6.45, 7) is 2.75. The molecule has 0 bridgehead atoms. The molecule has 1 saturated heterocycles. The zero-order valence-electron chi connectivity index (χ0n) is 16.5. The van der Waals surface area contributed by atoms with Gasteiger partial charge in [-0.3, -0.25) is 4.79 Å². The van der Waals surface area contributed by atoms with Crippen molar-refractivity contribution in [3.8, 4) is 6.07 Å². The Morgan fingerprint density at radius 3 is 2.41 bits per heavy atom. The van der Waals surface area contributed by atoms with Crippen LogP contribution in [0.2, 0.25) is 0 Å². The van der Waals surface area contributed by atoms with Crippen LogP contribution < -0.4 is 0 Å². The van der Waals surface area contributed by atoms with Crippen LogP contribution in [0.4, 0.5) is 13.2 Å². The zero-order valence-corrected chi connectivity index (χ0v) is 17.3. The lowest BCUT2D eigenvalue weighted by Gasteiger charge is -2.32. The molecule has 1 aromatic heterocycles. The van der Waals surface area contributed by atoms with Crippen LogP contribution in [0.3, 0.4) is 0 Å². The number of likely N-dealkylation sites (N-methyl/N-ethyl adjacent to an activating group) is 1. The highest BCUT2D eigenvalue weighted by Gasteiger charge is 2.39. The van der Waals surface area contributed by atoms with Crippen LogP contribution in [0.1, 0.15) is 48.1 Å². The lowest BCUT2D eigenvalue weighted by atomic mass is 9.91. The lowest BCUT2D eigenvalue weighted by Crippen LogP contribution is -2.47. The molecule has 9 heteroatoms. The maximum absolute atomic E-state index is 13.9. The highest BCUT2D eigenvalue weighted by atomic mass is 32.2. The molecule has 1 amide bonds. The highest BCUT2D eigenvalue weighted by molar-refractivity contribution is 8.00. The van der Waals surface area contributed by atoms with E-state index in [-0.39, 0.29) is 28.7 Å². The molecular weight excluding hydrogens is 401 g/mol. The Hall–Kier alpha value is -1.79. The number of pyridine rings is 1. The molecule has 2 aliphatic rings. The number of hydrogen-bond acceptors (Lipinski definition) is 5. The van der Waals surface area contributed by atoms with E-state index in [2.05, 4.69) is 9.88 Å². The van der Waals surface area contributed by atoms with Crippen molar-refractivity contribution in [3.05, 3.63) is 22.4 Å². The first kappa shape index (κ1) is 21.9. The molecule has 0 aromatic carbocycles. The summed E-state index contributed by atoms with van der Waals surface area (Å²) in [4.78, 5) is 20.8. The van der Waals surface area contributed by atoms with E-state index in [0.717, 1.165) is 44.1 Å². The van der Waals surface area contributed by atoms with Crippen molar-refractivity contribution >= 4 is 17.7 Å². The number of halogens is 3. The molecule has 1 aliphatic carbocycles. The Morgan fingerprint density at radius 2 is 1.79 bits per heavy atom. The second kappa shape index (κ2) is 9.35. The number of alkyl halides is 3. The largest absolute Gasteiger partial charge is 0.418 e. The number of carbonyl (C=O) groups is 1. The van der Waals surface area contributed by atoms with Gasteiger partial charge in [0.15, 0.2) is 0 Å². The summed E-state index contributed by atoms with van der Waals surface area (Å²) in [5.41, 5.74) is -0.677. The van der Waals surface area contributed by atoms with E-state index in [0.29, 0.717) is 31.6 Å². The van der Waals surface area contributed by atoms with Crippen LogP contribution in [-0.2, 0) is 23.8 Å². The summed E-state index contributed by atoms with van der Waals surface area (Å²) >= 11 is 0.951. The number of aryl methyl sites for hydroxylation is 1. The van der Waals surface area contributed by atoms with Crippen molar-refractivity contribution in [3.63, 3.8) is 0 Å². The Kier molecular flexibility index (Phi) is 7.06. The second-order valence-electron chi connectivity index (χ2n) is 7.59. The van der Waals surface area contributed by atoms with Crippen LogP contribution in [0, 0.1) is 11.3 Å². The quantitative estimate of drug-likeness (QED) is 0.693. The van der Waals surface area contributed by atoms with E-state index in [1.165, 1.54) is 0 Å². The van der Waals surface area contributed by atoms with Gasteiger partial charge in [-0.25, -0.2) is 4.98 Å². The maximum atomic E-state index is 13.9. The summed E-state index contributed by atoms with van der Waals surface area (Å²) < 4.78 is 41.7. The number of aromatic nitrogens is 1. The number of carbonyl (C=O) groups excluding carboxylic acids is 1. The molecule has 2 heterocycles. The van der Waals surface area contributed by atoms with E-state index in [9.17, 15) is 23.2 Å². The predicted octanol–water partition coefficient (Wildman–Crippen LogP) is 3.50. The summed E-state index contributed by atoms with van der Waals surface area (Å²) in [6.07, 6.45) is -0.554. The van der Waals surface area contributed by atoms with Crippen molar-refractivity contribution in [1.29, 1.82) is 5.26 Å². The number of nitriles is 1. The Morgan fingerprint density at radius 1 is 1.14 bits per heavy atom. The van der Waals surface area contributed by atoms with E-state index < -0.39 is 17.3 Å². The number of amides is 1. The molecule has 0 atom stereocenters. The number of hydrogen-bond donors (Lipinski definition) is 0. The van der Waals surface area contributed by atoms with Gasteiger partial charge in [-0.05, 0) is 38.3 Å². The van der Waals surface area contributed by atoms with Crippen molar-refractivity contribution in [2.45, 2.75) is 49.7 Å². The molecule has 158 valence electrons. The van der Waals surface area contributed by atoms with Crippen LogP contribution in [-0.4, -0.2) is 59.7 Å². The average molecular weight is 427 g/mol. The second-order valence-corrected chi connectivity index (χ2v) is 8.55. The van der Waals surface area contributed by atoms with Crippen LogP contribution in [0.25, 0.3) is 0 Å². The van der Waals surface area contributed by atoms with Gasteiger partial charge in [-0.2, -0.15) is 18.4 Å². The van der Waals surface area contributed by atoms with Crippen LogP contribution >= 0.6 is 11.8 Å². The summed E-state index contributed by atoms with van der Waals surface area (Å²) in [6, 6.07) is 1.73. The minimum atomic E-state index is -4.62. The number of fused-ring (bicyclic) bond motifs is 1. The molecule has 1 aromatic rings. The molecule has 0 saturated carbocycles. The zero-order chi connectivity index (χ0) is 21.0. The minimum Gasteiger partial charge on any atom is -0.339 e. The maximum Gasteiger partial charge on any atom is 0.418 e. The van der Waals surface area contributed by atoms with Gasteiger partial charge in [0, 0.05) is 31.9 Å². The SMILES string of the molecule is CN1CCN(C(=O)CSc2nc3c(c(C(F)(F)F)c2C#N)CCCCCC3)CC1. The van der Waals surface area contributed by atoms with Crippen molar-refractivity contribution in [1.82, 2.24) is 14.8 Å². The summed E-state index contributed by atoms with van der Waals surface area (Å²) in [7, 11) is 1.98. The van der Waals surface area contributed by atoms with Crippen LogP contribution in [0.15, 0.2) is 5.03 Å². The van der Waals surface area contributed by atoms with Gasteiger partial charge in [0.25, 0.3) is 0 Å². The van der Waals surface area contributed by atoms with Crippen molar-refractivity contribution < 1.29 is 18.0 Å². The topological polar surface area (TPSA) is 60.2 Å². The third-order valence-corrected chi connectivity index (χ3v) is 6.48. The normalized spacial score (nSPS) is 18.5. The molecule has 29 heavy (non-hydrogen) atoms. The molecule has 0 unspecified atom stereocenters. The molecule has 1 aliphatic heterocycles. The van der Waals surface area contributed by atoms with Gasteiger partial charge in [0.2, 0.25) is 5.91 Å². The van der Waals surface area contributed by atoms with Crippen molar-refractivity contribution in [2.24, 2.45) is 0 Å². The lowest BCUT2D eigenvalue weighted by molar-refractivity contribution is -0.138. The summed E-state index contributed by atoms with van der Waals surface area (Å²) in [5, 5.41) is 9.56. The first-order valence-corrected chi connectivity index (χ1v) is 10.9. The minimum absolute atomic E-state index is 0.0124. The third kappa shape index (κ3) is 5.23. The van der Waals surface area contributed by atoms with E-state index >= 15 is 0 Å². The van der Waals surface area contributed by atoms with Crippen molar-refractivity contribution in [2.75, 3.05) is 39.0 Å². The molecule has 1 fully saturated rings. The average Bonchev–Trinajstić information content (AvgIpc) is 2.65. The Bertz CT molecular complexity index is 798. The monoisotopic (exact) mass is 426 g/mol. The fraction of sp³-hybridized carbons (Fsp3) is 0.650. The van der Waals surface area contributed by atoms with Gasteiger partial charge < -0.3 is 9.80 Å². The first-order valence-electron chi connectivity index (χ1n) is 9.93. The van der Waals surface area contributed by atoms with Gasteiger partial charge in [-0.15, -0.1) is 0 Å². The van der Waals surface area contributed by atoms with Gasteiger partial charge in [0.05, 0.1) is 16.9 Å². The molecule has 0 N–H and O–H groups in total. The first-order chi connectivity index (χ1) is 13.8. The van der Waals surface area contributed by atoms with Crippen LogP contribution in [0.5, 0.6) is 0 Å². The van der Waals surface area contributed by atoms with Gasteiger partial charge in [-0.1, -0.05) is 24.6 Å². The standard InChI is InChI=1S/C20H25F3N4OS/c1-26-8-10-27(11-9-26)17(28)13-29-19-15(12-24)18(20(21,22)23)14-6-4-2-3-5-7-16(14)25-19/h2-11,13H2,1H3. The van der Waals surface area contributed by atoms with E-state index in [1.54, 1.807) is 11.0 Å². The van der Waals surface area contributed by atoms with E-state index in [1.807, 2.05) is 7.05 Å². The fourth-order valence-corrected chi connectivity index (χ4v) is 4.78. The highest BCUT2D eigenvalue weighted by Crippen LogP contribution is 2.40. The predicted molar refractivity (Wildman–Crippen MR) is 105 cm³/mol. The molecule has 0 radical (unpaired) electrons. The fourth-order valence-electron chi connectivity index (χ4n) is 3.87. The molecule has 5 nitrogen and oxygen atoms in total. The summed E-state index contributed by atoms with van der Waals surface area (Å²) in [5.74, 6) is -0.143. The molecule has 3 rings (SSSR count).